The number of hydrogen-bond acceptors (Lipinski definition) is 5. The molecule has 2 N–H and O–H groups in total. The van der Waals surface area contributed by atoms with Crippen LogP contribution in [0.5, 0.6) is 0 Å². The number of hydrogen-bond donors (Lipinski definition) is 2. The van der Waals surface area contributed by atoms with Crippen LogP contribution in [0.2, 0.25) is 0 Å². The van der Waals surface area contributed by atoms with Crippen LogP contribution in [0.15, 0.2) is 54.7 Å². The quantitative estimate of drug-likeness (QED) is 0.450. The van der Waals surface area contributed by atoms with Crippen LogP contribution < -0.4 is 5.32 Å². The van der Waals surface area contributed by atoms with Crippen molar-refractivity contribution in [1.82, 2.24) is 15.2 Å². The lowest BCUT2D eigenvalue weighted by Gasteiger charge is -2.08. The van der Waals surface area contributed by atoms with Gasteiger partial charge in [-0.05, 0) is 60.5 Å². The lowest BCUT2D eigenvalue weighted by Crippen LogP contribution is -2.05. The van der Waals surface area contributed by atoms with Crippen molar-refractivity contribution in [3.8, 4) is 0 Å². The summed E-state index contributed by atoms with van der Waals surface area (Å²) in [6.45, 7) is 2.04. The van der Waals surface area contributed by atoms with Gasteiger partial charge in [0.15, 0.2) is 5.65 Å². The Kier molecular flexibility index (Phi) is 5.38. The molecule has 0 aliphatic carbocycles. The SMILES string of the molecule is CCOC(=O)c1cccc(Nc2[nH]nc3ncc(Cc4cc(F)ccc4F)cc23)c1. The van der Waals surface area contributed by atoms with Gasteiger partial charge in [-0.2, -0.15) is 5.10 Å². The van der Waals surface area contributed by atoms with E-state index in [9.17, 15) is 13.6 Å². The normalized spacial score (nSPS) is 10.9. The number of carbonyl (C=O) groups excluding carboxylic acids is 1. The number of fused-ring (bicyclic) bond motifs is 1. The minimum atomic E-state index is -0.493. The largest absolute Gasteiger partial charge is 0.462 e. The average molecular weight is 408 g/mol. The fourth-order valence-electron chi connectivity index (χ4n) is 3.12. The van der Waals surface area contributed by atoms with Crippen molar-refractivity contribution in [2.75, 3.05) is 11.9 Å². The first-order valence-electron chi connectivity index (χ1n) is 9.34. The zero-order valence-electron chi connectivity index (χ0n) is 16.1. The van der Waals surface area contributed by atoms with Crippen molar-refractivity contribution in [3.05, 3.63) is 83.1 Å². The number of carbonyl (C=O) groups is 1. The standard InChI is InChI=1S/C22H18F2N4O2/c1-2-30-22(29)14-4-3-5-17(11-14)26-21-18-9-13(12-25-20(18)27-28-21)8-15-10-16(23)6-7-19(15)24/h3-7,9-12H,2,8H2,1H3,(H2,25,26,27,28). The number of rotatable bonds is 6. The van der Waals surface area contributed by atoms with E-state index >= 15 is 0 Å². The third-order valence-corrected chi connectivity index (χ3v) is 4.51. The highest BCUT2D eigenvalue weighted by Gasteiger charge is 2.12. The van der Waals surface area contributed by atoms with Gasteiger partial charge in [0.25, 0.3) is 0 Å². The molecule has 0 atom stereocenters. The molecule has 4 rings (SSSR count). The number of pyridine rings is 1. The van der Waals surface area contributed by atoms with Crippen molar-refractivity contribution in [2.45, 2.75) is 13.3 Å². The summed E-state index contributed by atoms with van der Waals surface area (Å²) in [6, 6.07) is 12.1. The predicted octanol–water partition coefficient (Wildman–Crippen LogP) is 4.75. The molecule has 0 spiro atoms. The highest BCUT2D eigenvalue weighted by Crippen LogP contribution is 2.25. The van der Waals surface area contributed by atoms with Gasteiger partial charge >= 0.3 is 5.97 Å². The lowest BCUT2D eigenvalue weighted by atomic mass is 10.1. The topological polar surface area (TPSA) is 79.9 Å². The maximum Gasteiger partial charge on any atom is 0.338 e. The Morgan fingerprint density at radius 1 is 1.17 bits per heavy atom. The molecule has 0 bridgehead atoms. The number of aromatic nitrogens is 3. The molecule has 0 radical (unpaired) electrons. The van der Waals surface area contributed by atoms with Crippen molar-refractivity contribution in [2.24, 2.45) is 0 Å². The molecule has 4 aromatic rings. The van der Waals surface area contributed by atoms with Gasteiger partial charge in [-0.25, -0.2) is 18.6 Å². The Hall–Kier alpha value is -3.81. The van der Waals surface area contributed by atoms with E-state index in [0.29, 0.717) is 40.3 Å². The van der Waals surface area contributed by atoms with E-state index in [1.807, 2.05) is 6.07 Å². The van der Waals surface area contributed by atoms with Crippen molar-refractivity contribution < 1.29 is 18.3 Å². The zero-order valence-corrected chi connectivity index (χ0v) is 16.1. The monoisotopic (exact) mass is 408 g/mol. The molecular weight excluding hydrogens is 390 g/mol. The Balaban J connectivity index is 1.61. The number of aromatic amines is 1. The van der Waals surface area contributed by atoms with Crippen LogP contribution in [0.1, 0.15) is 28.4 Å². The van der Waals surface area contributed by atoms with Crippen LogP contribution in [-0.4, -0.2) is 27.8 Å². The first-order valence-corrected chi connectivity index (χ1v) is 9.34. The molecule has 152 valence electrons. The second kappa shape index (κ2) is 8.28. The molecule has 0 unspecified atom stereocenters. The van der Waals surface area contributed by atoms with Gasteiger partial charge < -0.3 is 10.1 Å². The molecule has 30 heavy (non-hydrogen) atoms. The van der Waals surface area contributed by atoms with E-state index in [4.69, 9.17) is 4.74 Å². The second-order valence-electron chi connectivity index (χ2n) is 6.65. The molecule has 0 saturated carbocycles. The third kappa shape index (κ3) is 4.12. The Labute approximate surface area is 170 Å². The van der Waals surface area contributed by atoms with Gasteiger partial charge in [-0.3, -0.25) is 5.10 Å². The summed E-state index contributed by atoms with van der Waals surface area (Å²) in [5, 5.41) is 10.9. The van der Waals surface area contributed by atoms with Gasteiger partial charge in [-0.15, -0.1) is 0 Å². The summed E-state index contributed by atoms with van der Waals surface area (Å²) in [5.74, 6) is -0.804. The van der Waals surface area contributed by atoms with Crippen molar-refractivity contribution >= 4 is 28.5 Å². The minimum Gasteiger partial charge on any atom is -0.462 e. The highest BCUT2D eigenvalue weighted by molar-refractivity contribution is 5.92. The predicted molar refractivity (Wildman–Crippen MR) is 109 cm³/mol. The third-order valence-electron chi connectivity index (χ3n) is 4.51. The van der Waals surface area contributed by atoms with Gasteiger partial charge in [0, 0.05) is 18.3 Å². The van der Waals surface area contributed by atoms with Crippen LogP contribution in [-0.2, 0) is 11.2 Å². The van der Waals surface area contributed by atoms with E-state index in [1.165, 1.54) is 6.07 Å². The maximum atomic E-state index is 14.0. The Bertz CT molecular complexity index is 1220. The van der Waals surface area contributed by atoms with Crippen LogP contribution in [0.25, 0.3) is 11.0 Å². The smallest absolute Gasteiger partial charge is 0.338 e. The van der Waals surface area contributed by atoms with Crippen LogP contribution >= 0.6 is 0 Å². The molecule has 2 aromatic heterocycles. The first-order chi connectivity index (χ1) is 14.5. The van der Waals surface area contributed by atoms with Gasteiger partial charge in [0.1, 0.15) is 17.5 Å². The van der Waals surface area contributed by atoms with Crippen LogP contribution in [0.4, 0.5) is 20.3 Å². The molecule has 6 nitrogen and oxygen atoms in total. The fraction of sp³-hybridized carbons (Fsp3) is 0.136. The summed E-state index contributed by atoms with van der Waals surface area (Å²) in [7, 11) is 0. The molecule has 2 aromatic carbocycles. The summed E-state index contributed by atoms with van der Waals surface area (Å²) >= 11 is 0. The lowest BCUT2D eigenvalue weighted by molar-refractivity contribution is 0.0526. The minimum absolute atomic E-state index is 0.190. The number of nitrogens with zero attached hydrogens (tertiary/aromatic N) is 2. The summed E-state index contributed by atoms with van der Waals surface area (Å²) in [5.41, 5.74) is 2.51. The van der Waals surface area contributed by atoms with E-state index in [-0.39, 0.29) is 12.0 Å². The molecule has 2 heterocycles. The molecule has 0 fully saturated rings. The maximum absolute atomic E-state index is 14.0. The highest BCUT2D eigenvalue weighted by atomic mass is 19.1. The summed E-state index contributed by atoms with van der Waals surface area (Å²) in [6.07, 6.45) is 1.77. The molecular formula is C22H18F2N4O2. The molecule has 0 aliphatic rings. The number of ether oxygens (including phenoxy) is 1. The number of esters is 1. The van der Waals surface area contributed by atoms with Gasteiger partial charge in [0.2, 0.25) is 0 Å². The molecule has 8 heteroatoms. The average Bonchev–Trinajstić information content (AvgIpc) is 3.13. The van der Waals surface area contributed by atoms with Crippen molar-refractivity contribution in [1.29, 1.82) is 0 Å². The first kappa shape index (κ1) is 19.5. The van der Waals surface area contributed by atoms with Crippen LogP contribution in [0.3, 0.4) is 0 Å². The number of benzene rings is 2. The Morgan fingerprint density at radius 3 is 2.87 bits per heavy atom. The number of anilines is 2. The van der Waals surface area contributed by atoms with E-state index in [2.05, 4.69) is 20.5 Å². The van der Waals surface area contributed by atoms with Crippen LogP contribution in [0, 0.1) is 11.6 Å². The number of nitrogens with one attached hydrogen (secondary N) is 2. The molecule has 0 amide bonds. The molecule has 0 aliphatic heterocycles. The van der Waals surface area contributed by atoms with E-state index in [1.54, 1.807) is 37.4 Å². The summed E-state index contributed by atoms with van der Waals surface area (Å²) in [4.78, 5) is 16.2. The number of halogens is 2. The van der Waals surface area contributed by atoms with Crippen molar-refractivity contribution in [3.63, 3.8) is 0 Å². The second-order valence-corrected chi connectivity index (χ2v) is 6.65. The van der Waals surface area contributed by atoms with E-state index < -0.39 is 17.6 Å². The number of H-pyrrole nitrogens is 1. The fourth-order valence-corrected chi connectivity index (χ4v) is 3.12. The van der Waals surface area contributed by atoms with Gasteiger partial charge in [0.05, 0.1) is 17.6 Å². The zero-order chi connectivity index (χ0) is 21.1. The van der Waals surface area contributed by atoms with E-state index in [0.717, 1.165) is 12.1 Å². The summed E-state index contributed by atoms with van der Waals surface area (Å²) < 4.78 is 32.5. The molecule has 0 saturated heterocycles. The Morgan fingerprint density at radius 2 is 2.03 bits per heavy atom. The van der Waals surface area contributed by atoms with Gasteiger partial charge in [-0.1, -0.05) is 6.07 Å².